The molecule has 0 bridgehead atoms. The molecule has 0 spiro atoms. The zero-order valence-corrected chi connectivity index (χ0v) is 55.6. The minimum Gasteiger partial charge on any atom is -0.310 e. The van der Waals surface area contributed by atoms with Crippen LogP contribution >= 0.6 is 0 Å². The molecule has 0 saturated heterocycles. The van der Waals surface area contributed by atoms with Crippen molar-refractivity contribution in [3.8, 4) is 67.5 Å². The Balaban J connectivity index is 0.842. The summed E-state index contributed by atoms with van der Waals surface area (Å²) in [6, 6.07) is 107. The first-order valence-corrected chi connectivity index (χ1v) is 34.6. The Morgan fingerprint density at radius 2 is 0.396 bits per heavy atom. The molecule has 0 radical (unpaired) electrons. The maximum Gasteiger partial charge on any atom is 0.164 e. The average Bonchev–Trinajstić information content (AvgIpc) is 1.58. The van der Waals surface area contributed by atoms with Gasteiger partial charge in [0.05, 0.1) is 0 Å². The van der Waals surface area contributed by atoms with E-state index in [1.165, 1.54) is 66.8 Å². The van der Waals surface area contributed by atoms with Crippen LogP contribution in [0.25, 0.3) is 67.5 Å². The Hall–Kier alpha value is -11.0. The van der Waals surface area contributed by atoms with Crippen molar-refractivity contribution in [1.29, 1.82) is 0 Å². The first-order valence-electron chi connectivity index (χ1n) is 34.6. The van der Waals surface area contributed by atoms with Crippen LogP contribution in [-0.2, 0) is 16.2 Å². The van der Waals surface area contributed by atoms with E-state index in [0.717, 1.165) is 106 Å². The van der Waals surface area contributed by atoms with Crippen molar-refractivity contribution < 1.29 is 0 Å². The van der Waals surface area contributed by atoms with Crippen molar-refractivity contribution in [2.75, 3.05) is 14.7 Å². The smallest absolute Gasteiger partial charge is 0.164 e. The average molecular weight is 1240 g/mol. The van der Waals surface area contributed by atoms with E-state index in [0.29, 0.717) is 17.5 Å². The van der Waals surface area contributed by atoms with Gasteiger partial charge in [-0.1, -0.05) is 205 Å². The monoisotopic (exact) mass is 1240 g/mol. The summed E-state index contributed by atoms with van der Waals surface area (Å²) in [6.45, 7) is 14.2. The maximum atomic E-state index is 5.66. The molecule has 0 saturated carbocycles. The molecule has 3 aliphatic carbocycles. The van der Waals surface area contributed by atoms with Crippen LogP contribution in [0.5, 0.6) is 0 Å². The molecule has 6 nitrogen and oxygen atoms in total. The van der Waals surface area contributed by atoms with Crippen LogP contribution in [0.1, 0.15) is 113 Å². The predicted octanol–water partition coefficient (Wildman–Crippen LogP) is 24.5. The highest BCUT2D eigenvalue weighted by atomic mass is 15.2. The molecule has 13 aromatic rings. The molecule has 6 heteroatoms. The van der Waals surface area contributed by atoms with E-state index in [1.807, 2.05) is 0 Å². The second-order valence-corrected chi connectivity index (χ2v) is 26.2. The Labute approximate surface area is 566 Å². The summed E-state index contributed by atoms with van der Waals surface area (Å²) in [5.74, 6) is 1.99. The first-order chi connectivity index (χ1) is 47.2. The lowest BCUT2D eigenvalue weighted by Gasteiger charge is -2.32. The van der Waals surface area contributed by atoms with Crippen molar-refractivity contribution in [2.45, 2.75) is 96.3 Å². The molecule has 0 N–H and O–H groups in total. The van der Waals surface area contributed by atoms with Crippen LogP contribution in [0, 0.1) is 0 Å². The highest BCUT2D eigenvalue weighted by Crippen LogP contribution is 2.59. The number of hydrogen-bond donors (Lipinski definition) is 0. The third-order valence-electron chi connectivity index (χ3n) is 21.9. The van der Waals surface area contributed by atoms with Gasteiger partial charge in [0.1, 0.15) is 0 Å². The van der Waals surface area contributed by atoms with Gasteiger partial charge in [-0.15, -0.1) is 0 Å². The molecule has 0 unspecified atom stereocenters. The van der Waals surface area contributed by atoms with Gasteiger partial charge in [-0.2, -0.15) is 0 Å². The van der Waals surface area contributed by atoms with Gasteiger partial charge in [0.15, 0.2) is 17.5 Å². The number of hydrogen-bond acceptors (Lipinski definition) is 6. The van der Waals surface area contributed by atoms with Gasteiger partial charge in [0, 0.05) is 84.1 Å². The van der Waals surface area contributed by atoms with E-state index in [-0.39, 0.29) is 16.2 Å². The van der Waals surface area contributed by atoms with Crippen LogP contribution in [0.4, 0.5) is 51.2 Å². The van der Waals surface area contributed by atoms with Gasteiger partial charge in [0.2, 0.25) is 0 Å². The van der Waals surface area contributed by atoms with E-state index in [2.05, 4.69) is 347 Å². The molecule has 12 aromatic carbocycles. The van der Waals surface area contributed by atoms with Gasteiger partial charge < -0.3 is 14.7 Å². The van der Waals surface area contributed by atoms with Crippen molar-refractivity contribution in [1.82, 2.24) is 15.0 Å². The maximum absolute atomic E-state index is 5.66. The number of nitrogens with zero attached hydrogens (tertiary/aromatic N) is 6. The fourth-order valence-electron chi connectivity index (χ4n) is 16.9. The van der Waals surface area contributed by atoms with Crippen molar-refractivity contribution in [3.05, 3.63) is 325 Å². The summed E-state index contributed by atoms with van der Waals surface area (Å²) in [5, 5.41) is 0. The minimum atomic E-state index is -0.260. The summed E-state index contributed by atoms with van der Waals surface area (Å²) >= 11 is 0. The molecule has 16 rings (SSSR count). The summed E-state index contributed by atoms with van der Waals surface area (Å²) < 4.78 is 0. The molecule has 3 aliphatic rings. The zero-order chi connectivity index (χ0) is 65.1. The second-order valence-electron chi connectivity index (χ2n) is 26.2. The quantitative estimate of drug-likeness (QED) is 0.0853. The molecule has 468 valence electrons. The molecule has 96 heavy (non-hydrogen) atoms. The topological polar surface area (TPSA) is 48.4 Å². The van der Waals surface area contributed by atoms with Crippen LogP contribution in [0.2, 0.25) is 0 Å². The number of benzene rings is 12. The van der Waals surface area contributed by atoms with Crippen molar-refractivity contribution in [2.24, 2.45) is 0 Å². The number of fused-ring (bicyclic) bond motifs is 9. The second kappa shape index (κ2) is 24.4. The minimum absolute atomic E-state index is 0.260. The highest BCUT2D eigenvalue weighted by Gasteiger charge is 2.45. The lowest BCUT2D eigenvalue weighted by molar-refractivity contribution is 0.490. The lowest BCUT2D eigenvalue weighted by Crippen LogP contribution is -2.24. The van der Waals surface area contributed by atoms with Crippen LogP contribution in [-0.4, -0.2) is 15.0 Å². The molecule has 0 aliphatic heterocycles. The number of rotatable bonds is 18. The first kappa shape index (κ1) is 60.0. The SMILES string of the molecule is CCC1(CC)c2cc(-c3nc(-c4ccc5c(c4)C(CC)(CC)c4cc(N(c6ccccc6)c6ccccc6)ccc4-5)nc(-c4ccc5c(c4)C(CC)(CC)c4cc(N(c6ccccc6)c6ccccc6)ccc4-5)n3)ccc2-c2ccc(N(c3ccccc3)c3ccccc3)cc21. The highest BCUT2D eigenvalue weighted by molar-refractivity contribution is 5.91. The van der Waals surface area contributed by atoms with Crippen LogP contribution < -0.4 is 14.7 Å². The fraction of sp³-hybridized carbons (Fsp3) is 0.167. The summed E-state index contributed by atoms with van der Waals surface area (Å²) in [6.07, 6.45) is 5.58. The number of anilines is 9. The third-order valence-corrected chi connectivity index (χ3v) is 21.9. The van der Waals surface area contributed by atoms with E-state index in [1.54, 1.807) is 0 Å². The zero-order valence-electron chi connectivity index (χ0n) is 55.6. The van der Waals surface area contributed by atoms with Gasteiger partial charge in [-0.25, -0.2) is 15.0 Å². The van der Waals surface area contributed by atoms with Crippen LogP contribution in [0.3, 0.4) is 0 Å². The fourth-order valence-corrected chi connectivity index (χ4v) is 16.9. The van der Waals surface area contributed by atoms with E-state index >= 15 is 0 Å². The summed E-state index contributed by atoms with van der Waals surface area (Å²) in [4.78, 5) is 24.1. The molecule has 0 atom stereocenters. The van der Waals surface area contributed by atoms with E-state index < -0.39 is 0 Å². The molecule has 0 fully saturated rings. The Bertz CT molecular complexity index is 4380. The van der Waals surface area contributed by atoms with Gasteiger partial charge >= 0.3 is 0 Å². The Kier molecular flexibility index (Phi) is 15.3. The number of para-hydroxylation sites is 6. The van der Waals surface area contributed by atoms with Gasteiger partial charge in [-0.3, -0.25) is 0 Å². The standard InChI is InChI=1S/C90H78N6/c1-7-88(8-2)79-55-61(43-49-73(79)76-52-46-70(58-82(76)88)94(64-31-19-13-20-32-64)65-33-21-14-22-34-65)85-91-86(62-44-50-74-77-53-47-71(59-83(77)89(9-3,10-4)80(74)56-62)95(66-35-23-15-24-36-66)67-37-25-16-26-38-67)93-87(92-85)63-45-51-75-78-54-48-72(60-84(78)90(11-5,12-6)81(75)57-63)96(68-39-27-17-28-40-68)69-41-29-18-30-42-69/h13-60H,7-12H2,1-6H3. The molecule has 1 heterocycles. The third kappa shape index (κ3) is 9.62. The van der Waals surface area contributed by atoms with E-state index in [9.17, 15) is 0 Å². The molecular weight excluding hydrogens is 1170 g/mol. The van der Waals surface area contributed by atoms with Crippen LogP contribution in [0.15, 0.2) is 291 Å². The summed E-state index contributed by atoms with van der Waals surface area (Å²) in [7, 11) is 0. The van der Waals surface area contributed by atoms with Gasteiger partial charge in [0.25, 0.3) is 0 Å². The lowest BCUT2D eigenvalue weighted by atomic mass is 9.73. The predicted molar refractivity (Wildman–Crippen MR) is 401 cm³/mol. The van der Waals surface area contributed by atoms with Crippen molar-refractivity contribution in [3.63, 3.8) is 0 Å². The molecule has 1 aromatic heterocycles. The van der Waals surface area contributed by atoms with E-state index in [4.69, 9.17) is 15.0 Å². The molecular formula is C90H78N6. The Morgan fingerprint density at radius 3 is 0.594 bits per heavy atom. The molecule has 0 amide bonds. The largest absolute Gasteiger partial charge is 0.310 e. The van der Waals surface area contributed by atoms with Gasteiger partial charge in [-0.05, 0) is 233 Å². The Morgan fingerprint density at radius 1 is 0.208 bits per heavy atom. The summed E-state index contributed by atoms with van der Waals surface area (Å²) in [5.41, 5.74) is 28.0. The number of aromatic nitrogens is 3. The normalized spacial score (nSPS) is 13.8. The van der Waals surface area contributed by atoms with Crippen molar-refractivity contribution >= 4 is 51.2 Å².